The van der Waals surface area contributed by atoms with Gasteiger partial charge in [0.2, 0.25) is 0 Å². The fraction of sp³-hybridized carbons (Fsp3) is 0.0769. The van der Waals surface area contributed by atoms with E-state index in [0.29, 0.717) is 10.7 Å². The maximum atomic E-state index is 13.4. The largest absolute Gasteiger partial charge is 0.380 e. The Morgan fingerprint density at radius 3 is 2.44 bits per heavy atom. The highest BCUT2D eigenvalue weighted by molar-refractivity contribution is 9.10. The number of anilines is 1. The molecule has 2 aromatic rings. The lowest BCUT2D eigenvalue weighted by Gasteiger charge is -2.10. The van der Waals surface area contributed by atoms with Gasteiger partial charge in [0.25, 0.3) is 0 Å². The molecule has 0 radical (unpaired) electrons. The number of hydrogen-bond acceptors (Lipinski definition) is 1. The second kappa shape index (κ2) is 5.67. The van der Waals surface area contributed by atoms with Crippen LogP contribution < -0.4 is 5.32 Å². The Hall–Kier alpha value is -1.13. The number of hydrogen-bond donors (Lipinski definition) is 1. The fourth-order valence-corrected chi connectivity index (χ4v) is 2.06. The third-order valence-corrected chi connectivity index (χ3v) is 3.27. The Bertz CT molecular complexity index is 555. The molecule has 5 heteroatoms. The summed E-state index contributed by atoms with van der Waals surface area (Å²) in [6.07, 6.45) is 0. The molecule has 2 rings (SSSR count). The van der Waals surface area contributed by atoms with Gasteiger partial charge in [0.05, 0.1) is 10.7 Å². The van der Waals surface area contributed by atoms with Crippen LogP contribution in [0.3, 0.4) is 0 Å². The predicted octanol–water partition coefficient (Wildman–Crippen LogP) is 4.99. The van der Waals surface area contributed by atoms with E-state index in [9.17, 15) is 8.78 Å². The molecule has 1 N–H and O–H groups in total. The molecule has 0 saturated heterocycles. The molecule has 1 nitrogen and oxygen atoms in total. The minimum absolute atomic E-state index is 0.00598. The summed E-state index contributed by atoms with van der Waals surface area (Å²) in [5, 5.41) is 3.41. The summed E-state index contributed by atoms with van der Waals surface area (Å²) in [5.74, 6) is -1.15. The molecule has 0 aliphatic rings. The van der Waals surface area contributed by atoms with Gasteiger partial charge in [0.1, 0.15) is 11.6 Å². The van der Waals surface area contributed by atoms with Gasteiger partial charge in [-0.3, -0.25) is 0 Å². The van der Waals surface area contributed by atoms with Gasteiger partial charge in [0.15, 0.2) is 0 Å². The molecule has 0 saturated carbocycles. The van der Waals surface area contributed by atoms with Crippen LogP contribution in [0.2, 0.25) is 5.02 Å². The maximum absolute atomic E-state index is 13.4. The standard InChI is InChI=1S/C13H9BrClF2N/c14-8-4-5-10(15)13(6-8)18-7-9-11(16)2-1-3-12(9)17/h1-6,18H,7H2. The summed E-state index contributed by atoms with van der Waals surface area (Å²) in [4.78, 5) is 0. The van der Waals surface area contributed by atoms with Crippen LogP contribution in [-0.2, 0) is 6.54 Å². The van der Waals surface area contributed by atoms with Crippen LogP contribution >= 0.6 is 27.5 Å². The SMILES string of the molecule is Fc1cccc(F)c1CNc1cc(Br)ccc1Cl. The third kappa shape index (κ3) is 3.00. The van der Waals surface area contributed by atoms with E-state index >= 15 is 0 Å². The molecule has 0 heterocycles. The van der Waals surface area contributed by atoms with Crippen LogP contribution in [0.15, 0.2) is 40.9 Å². The zero-order valence-electron chi connectivity index (χ0n) is 9.18. The van der Waals surface area contributed by atoms with Crippen LogP contribution in [0.5, 0.6) is 0 Å². The zero-order valence-corrected chi connectivity index (χ0v) is 11.5. The highest BCUT2D eigenvalue weighted by Gasteiger charge is 2.09. The molecule has 0 aromatic heterocycles. The van der Waals surface area contributed by atoms with Gasteiger partial charge in [-0.05, 0) is 30.3 Å². The molecule has 0 spiro atoms. The second-order valence-electron chi connectivity index (χ2n) is 3.68. The van der Waals surface area contributed by atoms with Crippen LogP contribution in [-0.4, -0.2) is 0 Å². The predicted molar refractivity (Wildman–Crippen MR) is 72.8 cm³/mol. The summed E-state index contributed by atoms with van der Waals surface area (Å²) in [5.41, 5.74) is 0.613. The van der Waals surface area contributed by atoms with E-state index in [1.165, 1.54) is 18.2 Å². The highest BCUT2D eigenvalue weighted by atomic mass is 79.9. The molecule has 0 aliphatic carbocycles. The normalized spacial score (nSPS) is 10.4. The van der Waals surface area contributed by atoms with Gasteiger partial charge >= 0.3 is 0 Å². The average molecular weight is 333 g/mol. The Morgan fingerprint density at radius 2 is 1.78 bits per heavy atom. The van der Waals surface area contributed by atoms with E-state index in [-0.39, 0.29) is 12.1 Å². The van der Waals surface area contributed by atoms with Crippen molar-refractivity contribution in [1.29, 1.82) is 0 Å². The van der Waals surface area contributed by atoms with Crippen LogP contribution in [0, 0.1) is 11.6 Å². The lowest BCUT2D eigenvalue weighted by molar-refractivity contribution is 0.560. The van der Waals surface area contributed by atoms with Crippen molar-refractivity contribution in [2.24, 2.45) is 0 Å². The van der Waals surface area contributed by atoms with Crippen molar-refractivity contribution in [3.63, 3.8) is 0 Å². The summed E-state index contributed by atoms with van der Waals surface area (Å²) in [6.45, 7) is 0.0364. The second-order valence-corrected chi connectivity index (χ2v) is 5.00. The molecule has 0 bridgehead atoms. The van der Waals surface area contributed by atoms with Gasteiger partial charge in [-0.2, -0.15) is 0 Å². The van der Waals surface area contributed by atoms with Gasteiger partial charge in [0, 0.05) is 16.6 Å². The maximum Gasteiger partial charge on any atom is 0.131 e. The van der Waals surface area contributed by atoms with Crippen molar-refractivity contribution in [2.75, 3.05) is 5.32 Å². The summed E-state index contributed by atoms with van der Waals surface area (Å²) < 4.78 is 27.7. The Morgan fingerprint density at radius 1 is 1.11 bits per heavy atom. The van der Waals surface area contributed by atoms with Gasteiger partial charge in [-0.15, -0.1) is 0 Å². The van der Waals surface area contributed by atoms with Gasteiger partial charge < -0.3 is 5.32 Å². The topological polar surface area (TPSA) is 12.0 Å². The van der Waals surface area contributed by atoms with Crippen LogP contribution in [0.1, 0.15) is 5.56 Å². The van der Waals surface area contributed by atoms with E-state index < -0.39 is 11.6 Å². The average Bonchev–Trinajstić information content (AvgIpc) is 2.33. The molecule has 2 aromatic carbocycles. The number of halogens is 4. The molecule has 0 aliphatic heterocycles. The number of benzene rings is 2. The quantitative estimate of drug-likeness (QED) is 0.834. The minimum Gasteiger partial charge on any atom is -0.380 e. The molecule has 0 unspecified atom stereocenters. The van der Waals surface area contributed by atoms with Crippen LogP contribution in [0.4, 0.5) is 14.5 Å². The summed E-state index contributed by atoms with van der Waals surface area (Å²) in [7, 11) is 0. The molecule has 0 amide bonds. The first-order valence-electron chi connectivity index (χ1n) is 5.20. The van der Waals surface area contributed by atoms with Crippen molar-refractivity contribution in [3.05, 3.63) is 63.1 Å². The highest BCUT2D eigenvalue weighted by Crippen LogP contribution is 2.26. The molecular formula is C13H9BrClF2N. The van der Waals surface area contributed by atoms with Crippen LogP contribution in [0.25, 0.3) is 0 Å². The van der Waals surface area contributed by atoms with Crippen molar-refractivity contribution < 1.29 is 8.78 Å². The van der Waals surface area contributed by atoms with Crippen molar-refractivity contribution in [2.45, 2.75) is 6.54 Å². The van der Waals surface area contributed by atoms with E-state index in [4.69, 9.17) is 11.6 Å². The zero-order chi connectivity index (χ0) is 13.1. The minimum atomic E-state index is -0.575. The number of nitrogens with one attached hydrogen (secondary N) is 1. The van der Waals surface area contributed by atoms with E-state index in [2.05, 4.69) is 21.2 Å². The fourth-order valence-electron chi connectivity index (χ4n) is 1.52. The van der Waals surface area contributed by atoms with E-state index in [0.717, 1.165) is 4.47 Å². The molecular weight excluding hydrogens is 324 g/mol. The first-order chi connectivity index (χ1) is 8.58. The van der Waals surface area contributed by atoms with E-state index in [1.54, 1.807) is 18.2 Å². The Balaban J connectivity index is 2.19. The molecule has 0 fully saturated rings. The first kappa shape index (κ1) is 13.3. The molecule has 0 atom stereocenters. The van der Waals surface area contributed by atoms with Crippen molar-refractivity contribution >= 4 is 33.2 Å². The van der Waals surface area contributed by atoms with Crippen molar-refractivity contribution in [3.8, 4) is 0 Å². The summed E-state index contributed by atoms with van der Waals surface area (Å²) in [6, 6.07) is 9.02. The first-order valence-corrected chi connectivity index (χ1v) is 6.37. The van der Waals surface area contributed by atoms with Gasteiger partial charge in [-0.25, -0.2) is 8.78 Å². The Labute approximate surface area is 117 Å². The molecule has 18 heavy (non-hydrogen) atoms. The lowest BCUT2D eigenvalue weighted by atomic mass is 10.2. The van der Waals surface area contributed by atoms with Gasteiger partial charge in [-0.1, -0.05) is 33.6 Å². The lowest BCUT2D eigenvalue weighted by Crippen LogP contribution is -2.04. The van der Waals surface area contributed by atoms with E-state index in [1.807, 2.05) is 0 Å². The number of rotatable bonds is 3. The van der Waals surface area contributed by atoms with Crippen molar-refractivity contribution in [1.82, 2.24) is 0 Å². The molecule has 94 valence electrons. The Kier molecular flexibility index (Phi) is 4.19. The summed E-state index contributed by atoms with van der Waals surface area (Å²) >= 11 is 9.28. The third-order valence-electron chi connectivity index (χ3n) is 2.45. The monoisotopic (exact) mass is 331 g/mol. The smallest absolute Gasteiger partial charge is 0.131 e.